The highest BCUT2D eigenvalue weighted by Gasteiger charge is 2.05. The largest absolute Gasteiger partial charge is 0.480 e. The van der Waals surface area contributed by atoms with E-state index < -0.39 is 5.97 Å². The van der Waals surface area contributed by atoms with E-state index in [9.17, 15) is 4.79 Å². The van der Waals surface area contributed by atoms with Crippen molar-refractivity contribution in [2.75, 3.05) is 13.2 Å². The quantitative estimate of drug-likeness (QED) is 0.823. The number of fused-ring (bicyclic) bond motifs is 1. The molecule has 0 aliphatic heterocycles. The lowest BCUT2D eigenvalue weighted by atomic mass is 9.98. The predicted octanol–water partition coefficient (Wildman–Crippen LogP) is 2.79. The van der Waals surface area contributed by atoms with Crippen LogP contribution in [0.15, 0.2) is 36.4 Å². The monoisotopic (exact) mass is 244 g/mol. The van der Waals surface area contributed by atoms with Crippen molar-refractivity contribution in [3.63, 3.8) is 0 Å². The summed E-state index contributed by atoms with van der Waals surface area (Å²) in [5, 5.41) is 10.9. The summed E-state index contributed by atoms with van der Waals surface area (Å²) in [5.74, 6) is -0.926. The molecule has 0 amide bonds. The summed E-state index contributed by atoms with van der Waals surface area (Å²) in [4.78, 5) is 10.4. The van der Waals surface area contributed by atoms with Gasteiger partial charge in [0.1, 0.15) is 6.61 Å². The maximum absolute atomic E-state index is 10.4. The molecule has 1 N–H and O–H groups in total. The maximum Gasteiger partial charge on any atom is 0.329 e. The Hall–Kier alpha value is -1.87. The Bertz CT molecular complexity index is 561. The van der Waals surface area contributed by atoms with Gasteiger partial charge in [-0.05, 0) is 35.2 Å². The Morgan fingerprint density at radius 2 is 2.00 bits per heavy atom. The van der Waals surface area contributed by atoms with E-state index in [0.717, 1.165) is 6.42 Å². The summed E-state index contributed by atoms with van der Waals surface area (Å²) in [6.45, 7) is 2.27. The van der Waals surface area contributed by atoms with Crippen molar-refractivity contribution in [2.24, 2.45) is 0 Å². The van der Waals surface area contributed by atoms with Gasteiger partial charge in [-0.25, -0.2) is 4.79 Å². The van der Waals surface area contributed by atoms with E-state index in [-0.39, 0.29) is 6.61 Å². The van der Waals surface area contributed by atoms with Crippen molar-refractivity contribution >= 4 is 16.7 Å². The second-order valence-corrected chi connectivity index (χ2v) is 4.28. The molecule has 0 fully saturated rings. The Balaban J connectivity index is 2.16. The average Bonchev–Trinajstić information content (AvgIpc) is 2.36. The van der Waals surface area contributed by atoms with Gasteiger partial charge in [0.2, 0.25) is 0 Å². The molecule has 0 saturated carbocycles. The third-order valence-electron chi connectivity index (χ3n) is 3.00. The van der Waals surface area contributed by atoms with Gasteiger partial charge in [-0.2, -0.15) is 0 Å². The minimum atomic E-state index is -0.926. The molecule has 0 bridgehead atoms. The first-order valence-corrected chi connectivity index (χ1v) is 5.95. The van der Waals surface area contributed by atoms with Crippen molar-refractivity contribution in [1.82, 2.24) is 0 Å². The molecule has 0 saturated heterocycles. The first kappa shape index (κ1) is 12.6. The van der Waals surface area contributed by atoms with Gasteiger partial charge < -0.3 is 9.84 Å². The number of rotatable bonds is 5. The van der Waals surface area contributed by atoms with Gasteiger partial charge in [-0.1, -0.05) is 36.4 Å². The molecule has 0 radical (unpaired) electrons. The number of carboxylic acids is 1. The second-order valence-electron chi connectivity index (χ2n) is 4.28. The zero-order valence-corrected chi connectivity index (χ0v) is 10.3. The van der Waals surface area contributed by atoms with Crippen LogP contribution in [0.25, 0.3) is 10.8 Å². The molecule has 3 heteroatoms. The summed E-state index contributed by atoms with van der Waals surface area (Å²) in [5.41, 5.74) is 2.45. The highest BCUT2D eigenvalue weighted by Crippen LogP contribution is 2.22. The van der Waals surface area contributed by atoms with Gasteiger partial charge in [0.15, 0.2) is 0 Å². The number of hydrogen-bond donors (Lipinski definition) is 1. The Morgan fingerprint density at radius 3 is 2.78 bits per heavy atom. The fourth-order valence-corrected chi connectivity index (χ4v) is 2.11. The van der Waals surface area contributed by atoms with E-state index in [2.05, 4.69) is 31.2 Å². The molecule has 2 aromatic carbocycles. The molecule has 0 aliphatic carbocycles. The third kappa shape index (κ3) is 2.87. The first-order chi connectivity index (χ1) is 8.68. The molecule has 0 aromatic heterocycles. The lowest BCUT2D eigenvalue weighted by Crippen LogP contribution is -2.09. The van der Waals surface area contributed by atoms with E-state index in [4.69, 9.17) is 9.84 Å². The fourth-order valence-electron chi connectivity index (χ4n) is 2.11. The maximum atomic E-state index is 10.4. The number of hydrogen-bond acceptors (Lipinski definition) is 2. The topological polar surface area (TPSA) is 46.5 Å². The molecule has 0 atom stereocenters. The van der Waals surface area contributed by atoms with Gasteiger partial charge in [-0.3, -0.25) is 0 Å². The standard InChI is InChI=1S/C15H16O3/c1-11-6-7-12-4-2-3-5-14(12)13(11)8-9-18-10-15(16)17/h2-7H,8-10H2,1H3,(H,16,17). The van der Waals surface area contributed by atoms with Crippen LogP contribution in [-0.2, 0) is 16.0 Å². The van der Waals surface area contributed by atoms with Crippen LogP contribution in [0, 0.1) is 6.92 Å². The number of benzene rings is 2. The van der Waals surface area contributed by atoms with Gasteiger partial charge >= 0.3 is 5.97 Å². The fraction of sp³-hybridized carbons (Fsp3) is 0.267. The van der Waals surface area contributed by atoms with Crippen LogP contribution in [0.3, 0.4) is 0 Å². The molecule has 0 aliphatic rings. The normalized spacial score (nSPS) is 10.7. The molecule has 3 nitrogen and oxygen atoms in total. The summed E-state index contributed by atoms with van der Waals surface area (Å²) in [6.07, 6.45) is 0.737. The van der Waals surface area contributed by atoms with E-state index >= 15 is 0 Å². The zero-order valence-electron chi connectivity index (χ0n) is 10.3. The number of aryl methyl sites for hydroxylation is 1. The van der Waals surface area contributed by atoms with E-state index in [0.29, 0.717) is 6.61 Å². The molecule has 0 unspecified atom stereocenters. The van der Waals surface area contributed by atoms with Crippen molar-refractivity contribution in [3.05, 3.63) is 47.5 Å². The number of carboxylic acid groups (broad SMARTS) is 1. The minimum Gasteiger partial charge on any atom is -0.480 e. The smallest absolute Gasteiger partial charge is 0.329 e. The Morgan fingerprint density at radius 1 is 1.22 bits per heavy atom. The van der Waals surface area contributed by atoms with Crippen LogP contribution in [0.4, 0.5) is 0 Å². The van der Waals surface area contributed by atoms with Crippen molar-refractivity contribution in [1.29, 1.82) is 0 Å². The highest BCUT2D eigenvalue weighted by molar-refractivity contribution is 5.86. The molecule has 94 valence electrons. The molecule has 2 aromatic rings. The molecule has 0 spiro atoms. The van der Waals surface area contributed by atoms with E-state index in [1.807, 2.05) is 12.1 Å². The van der Waals surface area contributed by atoms with Crippen LogP contribution in [0.5, 0.6) is 0 Å². The zero-order chi connectivity index (χ0) is 13.0. The van der Waals surface area contributed by atoms with Gasteiger partial charge in [0, 0.05) is 0 Å². The van der Waals surface area contributed by atoms with Gasteiger partial charge in [-0.15, -0.1) is 0 Å². The van der Waals surface area contributed by atoms with Crippen LogP contribution < -0.4 is 0 Å². The number of ether oxygens (including phenoxy) is 1. The van der Waals surface area contributed by atoms with Crippen molar-refractivity contribution in [2.45, 2.75) is 13.3 Å². The number of carbonyl (C=O) groups is 1. The van der Waals surface area contributed by atoms with Crippen molar-refractivity contribution in [3.8, 4) is 0 Å². The highest BCUT2D eigenvalue weighted by atomic mass is 16.5. The van der Waals surface area contributed by atoms with Crippen LogP contribution >= 0.6 is 0 Å². The van der Waals surface area contributed by atoms with Crippen molar-refractivity contribution < 1.29 is 14.6 Å². The Kier molecular flexibility index (Phi) is 3.95. The first-order valence-electron chi connectivity index (χ1n) is 5.95. The lowest BCUT2D eigenvalue weighted by Gasteiger charge is -2.10. The average molecular weight is 244 g/mol. The van der Waals surface area contributed by atoms with E-state index in [1.54, 1.807) is 0 Å². The SMILES string of the molecule is Cc1ccc2ccccc2c1CCOCC(=O)O. The number of aliphatic carboxylic acids is 1. The third-order valence-corrected chi connectivity index (χ3v) is 3.00. The molecule has 2 rings (SSSR count). The summed E-state index contributed by atoms with van der Waals surface area (Å²) < 4.78 is 5.10. The van der Waals surface area contributed by atoms with Crippen LogP contribution in [0.2, 0.25) is 0 Å². The van der Waals surface area contributed by atoms with Gasteiger partial charge in [0.25, 0.3) is 0 Å². The van der Waals surface area contributed by atoms with Crippen LogP contribution in [-0.4, -0.2) is 24.3 Å². The molecule has 0 heterocycles. The Labute approximate surface area is 106 Å². The molecule has 18 heavy (non-hydrogen) atoms. The summed E-state index contributed by atoms with van der Waals surface area (Å²) in [7, 11) is 0. The molecular formula is C15H16O3. The second kappa shape index (κ2) is 5.65. The predicted molar refractivity (Wildman–Crippen MR) is 70.8 cm³/mol. The molecular weight excluding hydrogens is 228 g/mol. The minimum absolute atomic E-state index is 0.232. The van der Waals surface area contributed by atoms with Gasteiger partial charge in [0.05, 0.1) is 6.61 Å². The summed E-state index contributed by atoms with van der Waals surface area (Å²) in [6, 6.07) is 12.4. The summed E-state index contributed by atoms with van der Waals surface area (Å²) >= 11 is 0. The van der Waals surface area contributed by atoms with E-state index in [1.165, 1.54) is 21.9 Å². The van der Waals surface area contributed by atoms with Crippen LogP contribution in [0.1, 0.15) is 11.1 Å². The lowest BCUT2D eigenvalue weighted by molar-refractivity contribution is -0.142.